The first-order valence-corrected chi connectivity index (χ1v) is 6.05. The van der Waals surface area contributed by atoms with Crippen LogP contribution in [0.15, 0.2) is 30.3 Å². The maximum atomic E-state index is 3.51. The molecule has 0 aliphatic carbocycles. The molecule has 0 fully saturated rings. The van der Waals surface area contributed by atoms with Crippen molar-refractivity contribution in [1.82, 2.24) is 0 Å². The van der Waals surface area contributed by atoms with Gasteiger partial charge in [-0.1, -0.05) is 39.0 Å². The quantitative estimate of drug-likeness (QED) is 0.513. The Kier molecular flexibility index (Phi) is 7.41. The summed E-state index contributed by atoms with van der Waals surface area (Å²) in [7, 11) is 0. The normalized spacial score (nSPS) is 9.94. The molecule has 0 heterocycles. The Morgan fingerprint density at radius 1 is 0.938 bits per heavy atom. The monoisotopic (exact) mass is 206 g/mol. The van der Waals surface area contributed by atoms with Gasteiger partial charge < -0.3 is 5.82 Å². The van der Waals surface area contributed by atoms with Gasteiger partial charge in [0.15, 0.2) is 0 Å². The van der Waals surface area contributed by atoms with Crippen molar-refractivity contribution in [2.24, 2.45) is 0 Å². The molecule has 0 radical (unpaired) electrons. The summed E-state index contributed by atoms with van der Waals surface area (Å²) in [5.74, 6) is 6.83. The SMILES string of the molecule is CC[B-](C#Cc1ccccc1)(CC)CC.[Li+]. The van der Waals surface area contributed by atoms with E-state index in [0.29, 0.717) is 0 Å². The Morgan fingerprint density at radius 2 is 1.44 bits per heavy atom. The van der Waals surface area contributed by atoms with Crippen LogP contribution in [0.1, 0.15) is 26.3 Å². The van der Waals surface area contributed by atoms with Gasteiger partial charge >= 0.3 is 18.9 Å². The Hall–Kier alpha value is -0.558. The van der Waals surface area contributed by atoms with Crippen LogP contribution in [0.5, 0.6) is 0 Å². The van der Waals surface area contributed by atoms with Gasteiger partial charge in [-0.25, -0.2) is 0 Å². The fraction of sp³-hybridized carbons (Fsp3) is 0.429. The first-order chi connectivity index (χ1) is 7.26. The van der Waals surface area contributed by atoms with E-state index in [1.54, 1.807) is 0 Å². The van der Waals surface area contributed by atoms with E-state index in [1.165, 1.54) is 19.0 Å². The second-order valence-electron chi connectivity index (χ2n) is 4.34. The Labute approximate surface area is 112 Å². The Balaban J connectivity index is 0.00000225. The van der Waals surface area contributed by atoms with Crippen LogP contribution in [0.25, 0.3) is 0 Å². The third-order valence-corrected chi connectivity index (χ3v) is 3.64. The molecule has 1 aromatic carbocycles. The van der Waals surface area contributed by atoms with Crippen molar-refractivity contribution in [2.45, 2.75) is 39.7 Å². The molecule has 1 rings (SSSR count). The van der Waals surface area contributed by atoms with Crippen molar-refractivity contribution < 1.29 is 18.9 Å². The van der Waals surface area contributed by atoms with E-state index in [1.807, 2.05) is 18.2 Å². The van der Waals surface area contributed by atoms with Crippen LogP contribution in [0, 0.1) is 11.7 Å². The minimum Gasteiger partial charge on any atom is -0.309 e. The van der Waals surface area contributed by atoms with E-state index in [0.717, 1.165) is 5.56 Å². The molecule has 0 unspecified atom stereocenters. The summed E-state index contributed by atoms with van der Waals surface area (Å²) in [5.41, 5.74) is 1.14. The summed E-state index contributed by atoms with van der Waals surface area (Å²) in [6.45, 7) is 6.77. The first kappa shape index (κ1) is 15.4. The number of hydrogen-bond acceptors (Lipinski definition) is 0. The predicted molar refractivity (Wildman–Crippen MR) is 70.5 cm³/mol. The molecule has 0 atom stereocenters. The van der Waals surface area contributed by atoms with E-state index < -0.39 is 6.15 Å². The third-order valence-electron chi connectivity index (χ3n) is 3.64. The number of benzene rings is 1. The van der Waals surface area contributed by atoms with E-state index in [9.17, 15) is 0 Å². The summed E-state index contributed by atoms with van der Waals surface area (Å²) in [5, 5.41) is 0. The average Bonchev–Trinajstić information content (AvgIpc) is 2.33. The average molecular weight is 206 g/mol. The van der Waals surface area contributed by atoms with E-state index in [2.05, 4.69) is 44.6 Å². The Bertz CT molecular complexity index is 336. The fourth-order valence-electron chi connectivity index (χ4n) is 1.93. The van der Waals surface area contributed by atoms with Crippen molar-refractivity contribution in [2.75, 3.05) is 0 Å². The molecule has 0 saturated carbocycles. The second-order valence-corrected chi connectivity index (χ2v) is 4.34. The molecule has 0 amide bonds. The summed E-state index contributed by atoms with van der Waals surface area (Å²) in [4.78, 5) is 0. The number of hydrogen-bond donors (Lipinski definition) is 0. The van der Waals surface area contributed by atoms with E-state index >= 15 is 0 Å². The largest absolute Gasteiger partial charge is 1.00 e. The standard InChI is InChI=1S/C14H20B.Li/c1-4-15(5-2,6-3)13-12-14-10-8-7-9-11-14;/h7-11H,4-6H2,1-3H3;/q-1;+1. The molecule has 0 aliphatic rings. The van der Waals surface area contributed by atoms with Crippen LogP contribution in [0.2, 0.25) is 19.0 Å². The molecule has 1 aromatic rings. The van der Waals surface area contributed by atoms with Gasteiger partial charge in [0.25, 0.3) is 0 Å². The van der Waals surface area contributed by atoms with Gasteiger partial charge in [-0.05, 0) is 12.1 Å². The fourth-order valence-corrected chi connectivity index (χ4v) is 1.93. The minimum absolute atomic E-state index is 0. The molecule has 0 spiro atoms. The van der Waals surface area contributed by atoms with Crippen LogP contribution in [-0.2, 0) is 0 Å². The van der Waals surface area contributed by atoms with Crippen LogP contribution in [0.3, 0.4) is 0 Å². The van der Waals surface area contributed by atoms with Gasteiger partial charge in [0.05, 0.1) is 6.15 Å². The van der Waals surface area contributed by atoms with Gasteiger partial charge in [0, 0.05) is 5.56 Å². The zero-order valence-corrected chi connectivity index (χ0v) is 11.1. The topological polar surface area (TPSA) is 0 Å². The maximum Gasteiger partial charge on any atom is 1.00 e. The van der Waals surface area contributed by atoms with Crippen LogP contribution in [-0.4, -0.2) is 6.15 Å². The minimum atomic E-state index is -0.448. The summed E-state index contributed by atoms with van der Waals surface area (Å²) >= 11 is 0. The van der Waals surface area contributed by atoms with Crippen molar-refractivity contribution in [1.29, 1.82) is 0 Å². The smallest absolute Gasteiger partial charge is 0.309 e. The predicted octanol–water partition coefficient (Wildman–Crippen LogP) is 1.09. The molecule has 0 aliphatic heterocycles. The molecule has 2 heteroatoms. The molecule has 0 saturated heterocycles. The maximum absolute atomic E-state index is 3.51. The second kappa shape index (κ2) is 7.67. The molecular weight excluding hydrogens is 186 g/mol. The van der Waals surface area contributed by atoms with E-state index in [-0.39, 0.29) is 18.9 Å². The van der Waals surface area contributed by atoms with Gasteiger partial charge in [0.2, 0.25) is 0 Å². The van der Waals surface area contributed by atoms with Crippen molar-refractivity contribution in [3.8, 4) is 11.7 Å². The zero-order valence-electron chi connectivity index (χ0n) is 11.1. The summed E-state index contributed by atoms with van der Waals surface area (Å²) in [6.07, 6.45) is 3.16. The summed E-state index contributed by atoms with van der Waals surface area (Å²) in [6, 6.07) is 10.3. The van der Waals surface area contributed by atoms with Crippen LogP contribution >= 0.6 is 0 Å². The van der Waals surface area contributed by atoms with Gasteiger partial charge in [-0.3, -0.25) is 0 Å². The van der Waals surface area contributed by atoms with Crippen molar-refractivity contribution >= 4 is 6.15 Å². The molecular formula is C14H20BLi. The summed E-state index contributed by atoms with van der Waals surface area (Å²) < 4.78 is 0. The van der Waals surface area contributed by atoms with E-state index in [4.69, 9.17) is 0 Å². The van der Waals surface area contributed by atoms with Crippen LogP contribution in [0.4, 0.5) is 0 Å². The van der Waals surface area contributed by atoms with Crippen LogP contribution < -0.4 is 18.9 Å². The molecule has 0 bridgehead atoms. The zero-order chi connectivity index (χ0) is 11.1. The molecule has 0 aromatic heterocycles. The van der Waals surface area contributed by atoms with Gasteiger partial charge in [-0.2, -0.15) is 19.0 Å². The first-order valence-electron chi connectivity index (χ1n) is 6.05. The van der Waals surface area contributed by atoms with Crippen molar-refractivity contribution in [3.63, 3.8) is 0 Å². The van der Waals surface area contributed by atoms with Crippen molar-refractivity contribution in [3.05, 3.63) is 35.9 Å². The molecule has 0 N–H and O–H groups in total. The van der Waals surface area contributed by atoms with Gasteiger partial charge in [-0.15, -0.1) is 5.92 Å². The number of rotatable bonds is 3. The molecule has 16 heavy (non-hydrogen) atoms. The molecule has 0 nitrogen and oxygen atoms in total. The molecule has 80 valence electrons. The third kappa shape index (κ3) is 4.13. The Morgan fingerprint density at radius 3 is 1.88 bits per heavy atom. The van der Waals surface area contributed by atoms with Gasteiger partial charge in [0.1, 0.15) is 0 Å².